The van der Waals surface area contributed by atoms with E-state index >= 15 is 0 Å². The summed E-state index contributed by atoms with van der Waals surface area (Å²) in [5.74, 6) is -0.909. The third-order valence-electron chi connectivity index (χ3n) is 5.36. The number of anilines is 1. The number of rotatable bonds is 6. The van der Waals surface area contributed by atoms with Crippen molar-refractivity contribution in [3.63, 3.8) is 0 Å². The monoisotopic (exact) mass is 469 g/mol. The number of thiazole rings is 1. The minimum atomic E-state index is -3.66. The maximum Gasteiger partial charge on any atom is 0.243 e. The van der Waals surface area contributed by atoms with Crippen molar-refractivity contribution in [3.05, 3.63) is 65.5 Å². The Hall–Kier alpha value is -2.88. The number of hydrogen-bond donors (Lipinski definition) is 1. The van der Waals surface area contributed by atoms with Gasteiger partial charge in [-0.2, -0.15) is 4.31 Å². The van der Waals surface area contributed by atoms with Gasteiger partial charge in [0.05, 0.1) is 21.4 Å². The van der Waals surface area contributed by atoms with E-state index in [9.17, 15) is 18.0 Å². The molecule has 3 aromatic rings. The van der Waals surface area contributed by atoms with E-state index in [0.29, 0.717) is 35.1 Å². The molecule has 0 spiro atoms. The number of hydrogen-bond acceptors (Lipinski definition) is 6. The van der Waals surface area contributed by atoms with E-state index in [-0.39, 0.29) is 23.1 Å². The maximum atomic E-state index is 13.0. The van der Waals surface area contributed by atoms with Crippen LogP contribution in [-0.4, -0.2) is 42.5 Å². The molecule has 9 heteroatoms. The summed E-state index contributed by atoms with van der Waals surface area (Å²) in [4.78, 5) is 30.2. The van der Waals surface area contributed by atoms with Crippen LogP contribution in [-0.2, 0) is 14.8 Å². The highest BCUT2D eigenvalue weighted by Crippen LogP contribution is 2.32. The zero-order chi connectivity index (χ0) is 22.7. The Balaban J connectivity index is 1.51. The highest BCUT2D eigenvalue weighted by atomic mass is 32.2. The van der Waals surface area contributed by atoms with Gasteiger partial charge in [-0.05, 0) is 25.0 Å². The SMILES string of the molecule is CC(=O)c1sc(NC(=O)C2CCCN(S(=O)(=O)c3ccccc3)C2)nc1-c1ccccc1. The fourth-order valence-corrected chi connectivity index (χ4v) is 6.16. The molecule has 0 bridgehead atoms. The predicted octanol–water partition coefficient (Wildman–Crippen LogP) is 4.05. The highest BCUT2D eigenvalue weighted by molar-refractivity contribution is 7.89. The predicted molar refractivity (Wildman–Crippen MR) is 124 cm³/mol. The molecule has 1 aromatic heterocycles. The number of amides is 1. The summed E-state index contributed by atoms with van der Waals surface area (Å²) in [7, 11) is -3.66. The Bertz CT molecular complexity index is 1220. The molecule has 7 nitrogen and oxygen atoms in total. The van der Waals surface area contributed by atoms with Crippen LogP contribution >= 0.6 is 11.3 Å². The number of sulfonamides is 1. The number of ketones is 1. The minimum Gasteiger partial charge on any atom is -0.302 e. The van der Waals surface area contributed by atoms with Crippen LogP contribution in [0.1, 0.15) is 29.4 Å². The summed E-state index contributed by atoms with van der Waals surface area (Å²) in [5, 5.41) is 3.14. The van der Waals surface area contributed by atoms with Crippen molar-refractivity contribution in [1.82, 2.24) is 9.29 Å². The van der Waals surface area contributed by atoms with Crippen LogP contribution in [0.4, 0.5) is 5.13 Å². The summed E-state index contributed by atoms with van der Waals surface area (Å²) in [6, 6.07) is 17.6. The van der Waals surface area contributed by atoms with Crippen LogP contribution < -0.4 is 5.32 Å². The molecule has 2 heterocycles. The van der Waals surface area contributed by atoms with E-state index in [2.05, 4.69) is 10.3 Å². The quantitative estimate of drug-likeness (QED) is 0.550. The van der Waals surface area contributed by atoms with E-state index in [1.54, 1.807) is 30.3 Å². The maximum absolute atomic E-state index is 13.0. The van der Waals surface area contributed by atoms with E-state index in [1.807, 2.05) is 30.3 Å². The third kappa shape index (κ3) is 4.64. The molecule has 32 heavy (non-hydrogen) atoms. The average molecular weight is 470 g/mol. The minimum absolute atomic E-state index is 0.111. The highest BCUT2D eigenvalue weighted by Gasteiger charge is 2.33. The molecular formula is C23H23N3O4S2. The van der Waals surface area contributed by atoms with Gasteiger partial charge in [0.25, 0.3) is 0 Å². The lowest BCUT2D eigenvalue weighted by atomic mass is 9.99. The molecule has 2 aromatic carbocycles. The Morgan fingerprint density at radius 1 is 1.06 bits per heavy atom. The summed E-state index contributed by atoms with van der Waals surface area (Å²) >= 11 is 1.13. The first-order valence-corrected chi connectivity index (χ1v) is 12.5. The second-order valence-corrected chi connectivity index (χ2v) is 10.6. The Morgan fingerprint density at radius 3 is 2.38 bits per heavy atom. The van der Waals surface area contributed by atoms with Gasteiger partial charge in [0.2, 0.25) is 15.9 Å². The van der Waals surface area contributed by atoms with Crippen molar-refractivity contribution >= 4 is 38.2 Å². The van der Waals surface area contributed by atoms with Crippen LogP contribution in [0, 0.1) is 5.92 Å². The van der Waals surface area contributed by atoms with Crippen LogP contribution in [0.3, 0.4) is 0 Å². The lowest BCUT2D eigenvalue weighted by Crippen LogP contribution is -2.43. The molecule has 4 rings (SSSR count). The van der Waals surface area contributed by atoms with Gasteiger partial charge < -0.3 is 5.32 Å². The van der Waals surface area contributed by atoms with Crippen molar-refractivity contribution in [2.75, 3.05) is 18.4 Å². The zero-order valence-corrected chi connectivity index (χ0v) is 19.2. The van der Waals surface area contributed by atoms with Crippen LogP contribution in [0.25, 0.3) is 11.3 Å². The molecule has 1 aliphatic heterocycles. The normalized spacial score (nSPS) is 17.1. The number of piperidine rings is 1. The number of benzene rings is 2. The number of carbonyl (C=O) groups excluding carboxylic acids is 2. The first kappa shape index (κ1) is 22.3. The standard InChI is InChI=1S/C23H23N3O4S2/c1-16(27)21-20(17-9-4-2-5-10-17)24-23(31-21)25-22(28)18-11-8-14-26(15-18)32(29,30)19-12-6-3-7-13-19/h2-7,9-10,12-13,18H,8,11,14-15H2,1H3,(H,24,25,28). The Morgan fingerprint density at radius 2 is 1.72 bits per heavy atom. The average Bonchev–Trinajstić information content (AvgIpc) is 3.24. The number of nitrogens with one attached hydrogen (secondary N) is 1. The van der Waals surface area contributed by atoms with Crippen molar-refractivity contribution in [2.45, 2.75) is 24.7 Å². The van der Waals surface area contributed by atoms with Gasteiger partial charge in [-0.1, -0.05) is 59.9 Å². The molecule has 1 saturated heterocycles. The molecule has 166 valence electrons. The van der Waals surface area contributed by atoms with Gasteiger partial charge in [-0.25, -0.2) is 13.4 Å². The number of nitrogens with zero attached hydrogens (tertiary/aromatic N) is 2. The van der Waals surface area contributed by atoms with Crippen molar-refractivity contribution in [1.29, 1.82) is 0 Å². The number of carbonyl (C=O) groups is 2. The number of Topliss-reactive ketones (excluding diaryl/α,β-unsaturated/α-hetero) is 1. The largest absolute Gasteiger partial charge is 0.302 e. The van der Waals surface area contributed by atoms with E-state index in [4.69, 9.17) is 0 Å². The lowest BCUT2D eigenvalue weighted by Gasteiger charge is -2.31. The molecule has 0 saturated carbocycles. The Labute approximate surface area is 191 Å². The van der Waals surface area contributed by atoms with Gasteiger partial charge in [0, 0.05) is 25.6 Å². The molecule has 0 aliphatic carbocycles. The summed E-state index contributed by atoms with van der Waals surface area (Å²) in [5.41, 5.74) is 1.34. The zero-order valence-electron chi connectivity index (χ0n) is 17.5. The summed E-state index contributed by atoms with van der Waals surface area (Å²) in [6.07, 6.45) is 1.18. The molecular weight excluding hydrogens is 446 g/mol. The lowest BCUT2D eigenvalue weighted by molar-refractivity contribution is -0.120. The molecule has 1 unspecified atom stereocenters. The Kier molecular flexibility index (Phi) is 6.50. The molecule has 1 aliphatic rings. The van der Waals surface area contributed by atoms with Gasteiger partial charge in [-0.15, -0.1) is 0 Å². The summed E-state index contributed by atoms with van der Waals surface area (Å²) in [6.45, 7) is 1.96. The fourth-order valence-electron chi connectivity index (χ4n) is 3.73. The fraction of sp³-hybridized carbons (Fsp3) is 0.261. The van der Waals surface area contributed by atoms with E-state index < -0.39 is 15.9 Å². The van der Waals surface area contributed by atoms with Crippen molar-refractivity contribution in [2.24, 2.45) is 5.92 Å². The van der Waals surface area contributed by atoms with Crippen LogP contribution in [0.15, 0.2) is 65.6 Å². The van der Waals surface area contributed by atoms with E-state index in [1.165, 1.54) is 11.2 Å². The molecule has 1 fully saturated rings. The van der Waals surface area contributed by atoms with Crippen LogP contribution in [0.5, 0.6) is 0 Å². The second kappa shape index (κ2) is 9.32. The van der Waals surface area contributed by atoms with E-state index in [0.717, 1.165) is 16.9 Å². The van der Waals surface area contributed by atoms with Crippen molar-refractivity contribution < 1.29 is 18.0 Å². The molecule has 1 atom stereocenters. The second-order valence-electron chi connectivity index (χ2n) is 7.62. The van der Waals surface area contributed by atoms with Gasteiger partial charge in [-0.3, -0.25) is 9.59 Å². The number of aromatic nitrogens is 1. The molecule has 0 radical (unpaired) electrons. The smallest absolute Gasteiger partial charge is 0.243 e. The third-order valence-corrected chi connectivity index (χ3v) is 8.31. The first-order valence-electron chi connectivity index (χ1n) is 10.3. The van der Waals surface area contributed by atoms with Gasteiger partial charge in [0.15, 0.2) is 10.9 Å². The molecule has 1 amide bonds. The summed E-state index contributed by atoms with van der Waals surface area (Å²) < 4.78 is 27.2. The van der Waals surface area contributed by atoms with Crippen LogP contribution in [0.2, 0.25) is 0 Å². The first-order chi connectivity index (χ1) is 15.4. The van der Waals surface area contributed by atoms with Gasteiger partial charge in [0.1, 0.15) is 0 Å². The topological polar surface area (TPSA) is 96.4 Å². The molecule has 1 N–H and O–H groups in total. The van der Waals surface area contributed by atoms with Gasteiger partial charge >= 0.3 is 0 Å². The van der Waals surface area contributed by atoms with Crippen molar-refractivity contribution in [3.8, 4) is 11.3 Å².